The molecule has 4 nitrogen and oxygen atoms in total. The van der Waals surface area contributed by atoms with E-state index in [1.165, 1.54) is 16.4 Å². The van der Waals surface area contributed by atoms with Gasteiger partial charge < -0.3 is 0 Å². The molecule has 1 saturated heterocycles. The predicted molar refractivity (Wildman–Crippen MR) is 89.8 cm³/mol. The molecule has 1 aliphatic rings. The Balaban J connectivity index is 2.03. The van der Waals surface area contributed by atoms with Gasteiger partial charge in [0.15, 0.2) is 0 Å². The van der Waals surface area contributed by atoms with E-state index in [1.807, 2.05) is 6.07 Å². The minimum Gasteiger partial charge on any atom is -0.264 e. The zero-order valence-corrected chi connectivity index (χ0v) is 14.5. The molecule has 22 heavy (non-hydrogen) atoms. The fourth-order valence-corrected chi connectivity index (χ4v) is 6.25. The largest absolute Gasteiger partial charge is 0.264 e. The van der Waals surface area contributed by atoms with Crippen LogP contribution in [0.1, 0.15) is 10.9 Å². The van der Waals surface area contributed by atoms with Crippen LogP contribution in [0.4, 0.5) is 0 Å². The maximum Gasteiger partial charge on any atom is 0.245 e. The quantitative estimate of drug-likeness (QED) is 0.818. The number of sulfonamides is 1. The van der Waals surface area contributed by atoms with E-state index < -0.39 is 10.0 Å². The molecule has 1 aromatic heterocycles. The summed E-state index contributed by atoms with van der Waals surface area (Å²) in [6, 6.07) is 8.13. The molecule has 3 rings (SSSR count). The molecule has 2 heterocycles. The van der Waals surface area contributed by atoms with Crippen LogP contribution in [-0.2, 0) is 10.0 Å². The molecule has 1 aliphatic heterocycles. The minimum atomic E-state index is -3.72. The molecule has 8 heteroatoms. The van der Waals surface area contributed by atoms with E-state index in [4.69, 9.17) is 23.2 Å². The Hall–Kier alpha value is -0.790. The zero-order valence-electron chi connectivity index (χ0n) is 11.3. The van der Waals surface area contributed by atoms with E-state index in [1.54, 1.807) is 36.3 Å². The number of hydrogen-bond donors (Lipinski definition) is 0. The van der Waals surface area contributed by atoms with Gasteiger partial charge in [0.25, 0.3) is 0 Å². The predicted octanol–water partition coefficient (Wildman–Crippen LogP) is 3.82. The number of hydrogen-bond acceptors (Lipinski definition) is 4. The van der Waals surface area contributed by atoms with Gasteiger partial charge in [0.2, 0.25) is 10.0 Å². The second kappa shape index (κ2) is 6.37. The monoisotopic (exact) mass is 374 g/mol. The van der Waals surface area contributed by atoms with Crippen LogP contribution in [-0.4, -0.2) is 30.0 Å². The highest BCUT2D eigenvalue weighted by molar-refractivity contribution is 8.01. The number of nitrogens with zero attached hydrogens (tertiary/aromatic N) is 2. The molecule has 1 aromatic carbocycles. The Morgan fingerprint density at radius 1 is 1.27 bits per heavy atom. The highest BCUT2D eigenvalue weighted by Crippen LogP contribution is 2.42. The van der Waals surface area contributed by atoms with Gasteiger partial charge in [-0.05, 0) is 29.8 Å². The summed E-state index contributed by atoms with van der Waals surface area (Å²) in [6.07, 6.45) is 3.35. The molecule has 2 aromatic rings. The first-order valence-corrected chi connectivity index (χ1v) is 9.73. The second-order valence-electron chi connectivity index (χ2n) is 4.70. The van der Waals surface area contributed by atoms with Gasteiger partial charge in [-0.25, -0.2) is 8.42 Å². The van der Waals surface area contributed by atoms with Crippen LogP contribution >= 0.6 is 35.0 Å². The van der Waals surface area contributed by atoms with Crippen LogP contribution in [0.15, 0.2) is 47.6 Å². The van der Waals surface area contributed by atoms with Gasteiger partial charge in [-0.15, -0.1) is 11.8 Å². The van der Waals surface area contributed by atoms with Crippen molar-refractivity contribution in [3.8, 4) is 0 Å². The average molecular weight is 375 g/mol. The molecule has 0 aliphatic carbocycles. The summed E-state index contributed by atoms with van der Waals surface area (Å²) in [6.45, 7) is 0.426. The van der Waals surface area contributed by atoms with Crippen LogP contribution in [0.5, 0.6) is 0 Å². The summed E-state index contributed by atoms with van der Waals surface area (Å²) in [4.78, 5) is 4.11. The smallest absolute Gasteiger partial charge is 0.245 e. The first-order valence-electron chi connectivity index (χ1n) is 6.48. The lowest BCUT2D eigenvalue weighted by Gasteiger charge is -2.23. The third-order valence-corrected chi connectivity index (χ3v) is 7.27. The number of benzene rings is 1. The second-order valence-corrected chi connectivity index (χ2v) is 8.59. The van der Waals surface area contributed by atoms with Gasteiger partial charge >= 0.3 is 0 Å². The van der Waals surface area contributed by atoms with Crippen molar-refractivity contribution < 1.29 is 8.42 Å². The van der Waals surface area contributed by atoms with E-state index >= 15 is 0 Å². The maximum absolute atomic E-state index is 12.9. The fraction of sp³-hybridized carbons (Fsp3) is 0.214. The zero-order chi connectivity index (χ0) is 15.7. The molecule has 0 radical (unpaired) electrons. The Labute approximate surface area is 143 Å². The minimum absolute atomic E-state index is 0.0399. The Morgan fingerprint density at radius 3 is 2.82 bits per heavy atom. The molecular weight excluding hydrogens is 363 g/mol. The first-order chi connectivity index (χ1) is 10.5. The van der Waals surface area contributed by atoms with E-state index in [0.29, 0.717) is 11.6 Å². The number of pyridine rings is 1. The molecule has 0 N–H and O–H groups in total. The molecule has 116 valence electrons. The van der Waals surface area contributed by atoms with Crippen LogP contribution in [0.25, 0.3) is 0 Å². The summed E-state index contributed by atoms with van der Waals surface area (Å²) >= 11 is 13.6. The van der Waals surface area contributed by atoms with Gasteiger partial charge in [-0.1, -0.05) is 29.3 Å². The van der Waals surface area contributed by atoms with Crippen molar-refractivity contribution in [2.24, 2.45) is 0 Å². The van der Waals surface area contributed by atoms with E-state index in [0.717, 1.165) is 11.3 Å². The summed E-state index contributed by atoms with van der Waals surface area (Å²) < 4.78 is 27.3. The molecule has 1 atom stereocenters. The van der Waals surface area contributed by atoms with Crippen LogP contribution < -0.4 is 0 Å². The van der Waals surface area contributed by atoms with Crippen molar-refractivity contribution in [3.05, 3.63) is 58.3 Å². The summed E-state index contributed by atoms with van der Waals surface area (Å²) in [5.74, 6) is 0.719. The molecule has 0 saturated carbocycles. The molecule has 1 unspecified atom stereocenters. The van der Waals surface area contributed by atoms with Gasteiger partial charge in [0.1, 0.15) is 4.90 Å². The van der Waals surface area contributed by atoms with Gasteiger partial charge in [-0.2, -0.15) is 4.31 Å². The molecule has 0 amide bonds. The molecular formula is C14H12Cl2N2O2S2. The van der Waals surface area contributed by atoms with Crippen molar-refractivity contribution >= 4 is 45.0 Å². The van der Waals surface area contributed by atoms with Crippen molar-refractivity contribution in [1.82, 2.24) is 9.29 Å². The van der Waals surface area contributed by atoms with Crippen molar-refractivity contribution in [2.75, 3.05) is 12.3 Å². The maximum atomic E-state index is 12.9. The standard InChI is InChI=1S/C14H12Cl2N2O2S2/c15-11-3-4-12(16)13(8-11)22(19,20)18-6-7-21-14(18)10-2-1-5-17-9-10/h1-5,8-9,14H,6-7H2. The van der Waals surface area contributed by atoms with E-state index in [2.05, 4.69) is 4.98 Å². The SMILES string of the molecule is O=S(=O)(c1cc(Cl)ccc1Cl)N1CCSC1c1cccnc1. The summed E-state index contributed by atoms with van der Waals surface area (Å²) in [5, 5.41) is 0.215. The van der Waals surface area contributed by atoms with Crippen LogP contribution in [0, 0.1) is 0 Å². The summed E-state index contributed by atoms with van der Waals surface area (Å²) in [5.41, 5.74) is 0.853. The van der Waals surface area contributed by atoms with Crippen molar-refractivity contribution in [3.63, 3.8) is 0 Å². The normalized spacial score (nSPS) is 19.5. The Bertz CT molecular complexity index is 785. The first kappa shape index (κ1) is 16.1. The number of halogens is 2. The molecule has 0 spiro atoms. The number of thioether (sulfide) groups is 1. The Morgan fingerprint density at radius 2 is 2.09 bits per heavy atom. The van der Waals surface area contributed by atoms with Gasteiger partial charge in [-0.3, -0.25) is 4.98 Å². The molecule has 1 fully saturated rings. The lowest BCUT2D eigenvalue weighted by molar-refractivity contribution is 0.434. The topological polar surface area (TPSA) is 50.3 Å². The van der Waals surface area contributed by atoms with Gasteiger partial charge in [0, 0.05) is 29.7 Å². The van der Waals surface area contributed by atoms with Gasteiger partial charge in [0.05, 0.1) is 10.4 Å². The average Bonchev–Trinajstić information content (AvgIpc) is 3.01. The third kappa shape index (κ3) is 2.98. The van der Waals surface area contributed by atoms with Crippen molar-refractivity contribution in [2.45, 2.75) is 10.3 Å². The number of aromatic nitrogens is 1. The summed E-state index contributed by atoms with van der Waals surface area (Å²) in [7, 11) is -3.72. The lowest BCUT2D eigenvalue weighted by Crippen LogP contribution is -2.30. The van der Waals surface area contributed by atoms with E-state index in [-0.39, 0.29) is 15.3 Å². The Kier molecular flexibility index (Phi) is 4.66. The highest BCUT2D eigenvalue weighted by atomic mass is 35.5. The molecule has 0 bridgehead atoms. The fourth-order valence-electron chi connectivity index (χ4n) is 2.29. The highest BCUT2D eigenvalue weighted by Gasteiger charge is 2.38. The third-order valence-electron chi connectivity index (χ3n) is 3.30. The lowest BCUT2D eigenvalue weighted by atomic mass is 10.3. The number of rotatable bonds is 3. The van der Waals surface area contributed by atoms with Crippen LogP contribution in [0.3, 0.4) is 0 Å². The van der Waals surface area contributed by atoms with E-state index in [9.17, 15) is 8.42 Å². The van der Waals surface area contributed by atoms with Crippen molar-refractivity contribution in [1.29, 1.82) is 0 Å². The van der Waals surface area contributed by atoms with Crippen LogP contribution in [0.2, 0.25) is 10.0 Å².